The van der Waals surface area contributed by atoms with Crippen LogP contribution in [0.25, 0.3) is 0 Å². The van der Waals surface area contributed by atoms with E-state index < -0.39 is 0 Å². The minimum Gasteiger partial charge on any atom is -0.333 e. The van der Waals surface area contributed by atoms with Crippen LogP contribution in [0.15, 0.2) is 0 Å². The summed E-state index contributed by atoms with van der Waals surface area (Å²) >= 11 is 0. The first-order valence-electron chi connectivity index (χ1n) is 6.23. The molecule has 4 heteroatoms. The lowest BCUT2D eigenvalue weighted by Crippen LogP contribution is -2.53. The molecule has 3 N–H and O–H groups in total. The highest BCUT2D eigenvalue weighted by molar-refractivity contribution is 5.75. The van der Waals surface area contributed by atoms with Crippen LogP contribution in [0, 0.1) is 0 Å². The van der Waals surface area contributed by atoms with Crippen molar-refractivity contribution in [2.75, 3.05) is 13.1 Å². The number of carbonyl (C=O) groups excluding carboxylic acids is 1. The average molecular weight is 227 g/mol. The van der Waals surface area contributed by atoms with E-state index in [-0.39, 0.29) is 17.6 Å². The van der Waals surface area contributed by atoms with Gasteiger partial charge in [-0.15, -0.1) is 0 Å². The molecule has 1 fully saturated rings. The smallest absolute Gasteiger partial charge is 0.318 e. The molecule has 2 amide bonds. The van der Waals surface area contributed by atoms with Crippen molar-refractivity contribution >= 4 is 6.03 Å². The van der Waals surface area contributed by atoms with Gasteiger partial charge in [0.05, 0.1) is 0 Å². The lowest BCUT2D eigenvalue weighted by molar-refractivity contribution is 0.169. The molecule has 0 aliphatic carbocycles. The number of likely N-dealkylation sites (tertiary alicyclic amines) is 1. The van der Waals surface area contributed by atoms with Crippen LogP contribution in [0.3, 0.4) is 0 Å². The molecule has 1 unspecified atom stereocenters. The maximum atomic E-state index is 12.1. The predicted octanol–water partition coefficient (Wildman–Crippen LogP) is 1.70. The number of nitrogens with one attached hydrogen (secondary N) is 1. The highest BCUT2D eigenvalue weighted by Gasteiger charge is 2.26. The summed E-state index contributed by atoms with van der Waals surface area (Å²) < 4.78 is 0. The second-order valence-corrected chi connectivity index (χ2v) is 5.61. The van der Waals surface area contributed by atoms with Gasteiger partial charge < -0.3 is 16.0 Å². The van der Waals surface area contributed by atoms with Gasteiger partial charge in [0.1, 0.15) is 0 Å². The molecule has 0 bridgehead atoms. The van der Waals surface area contributed by atoms with Gasteiger partial charge in [-0.25, -0.2) is 4.79 Å². The van der Waals surface area contributed by atoms with E-state index in [0.717, 1.165) is 19.4 Å². The minimum absolute atomic E-state index is 0.0323. The quantitative estimate of drug-likeness (QED) is 0.716. The molecular formula is C12H25N3O. The Labute approximate surface area is 98.6 Å². The predicted molar refractivity (Wildman–Crippen MR) is 66.3 cm³/mol. The number of nitrogens with two attached hydrogens (primary N) is 1. The number of carbonyl (C=O) groups is 1. The van der Waals surface area contributed by atoms with Crippen LogP contribution in [-0.4, -0.2) is 35.6 Å². The Kier molecular flexibility index (Phi) is 4.59. The number of urea groups is 1. The Morgan fingerprint density at radius 2 is 2.06 bits per heavy atom. The summed E-state index contributed by atoms with van der Waals surface area (Å²) in [5.41, 5.74) is 5.56. The monoisotopic (exact) mass is 227 g/mol. The van der Waals surface area contributed by atoms with Crippen LogP contribution >= 0.6 is 0 Å². The van der Waals surface area contributed by atoms with Crippen molar-refractivity contribution in [2.24, 2.45) is 5.73 Å². The maximum absolute atomic E-state index is 12.1. The van der Waals surface area contributed by atoms with Crippen LogP contribution < -0.4 is 11.1 Å². The van der Waals surface area contributed by atoms with E-state index in [1.165, 1.54) is 12.8 Å². The molecule has 1 atom stereocenters. The fraction of sp³-hybridized carbons (Fsp3) is 0.917. The van der Waals surface area contributed by atoms with Crippen LogP contribution in [0.1, 0.15) is 46.5 Å². The molecule has 0 aromatic heterocycles. The van der Waals surface area contributed by atoms with Crippen LogP contribution in [0.5, 0.6) is 0 Å². The number of hydrogen-bond acceptors (Lipinski definition) is 2. The van der Waals surface area contributed by atoms with Gasteiger partial charge in [0.2, 0.25) is 0 Å². The van der Waals surface area contributed by atoms with Crippen molar-refractivity contribution in [3.8, 4) is 0 Å². The van der Waals surface area contributed by atoms with E-state index in [1.54, 1.807) is 0 Å². The Bertz CT molecular complexity index is 235. The summed E-state index contributed by atoms with van der Waals surface area (Å²) in [7, 11) is 0. The molecule has 0 aromatic carbocycles. The van der Waals surface area contributed by atoms with Crippen LogP contribution in [0.4, 0.5) is 4.79 Å². The first-order chi connectivity index (χ1) is 7.44. The molecular weight excluding hydrogens is 202 g/mol. The molecule has 4 nitrogen and oxygen atoms in total. The third-order valence-electron chi connectivity index (χ3n) is 2.89. The van der Waals surface area contributed by atoms with Gasteiger partial charge in [-0.2, -0.15) is 0 Å². The molecule has 1 rings (SSSR count). The summed E-state index contributed by atoms with van der Waals surface area (Å²) in [6.07, 6.45) is 4.51. The van der Waals surface area contributed by atoms with Gasteiger partial charge in [0.15, 0.2) is 0 Å². The number of nitrogens with zero attached hydrogens (tertiary/aromatic N) is 1. The van der Waals surface area contributed by atoms with Gasteiger partial charge in [-0.3, -0.25) is 0 Å². The van der Waals surface area contributed by atoms with Crippen LogP contribution in [-0.2, 0) is 0 Å². The van der Waals surface area contributed by atoms with Crippen LogP contribution in [0.2, 0.25) is 0 Å². The van der Waals surface area contributed by atoms with Crippen molar-refractivity contribution < 1.29 is 4.79 Å². The van der Waals surface area contributed by atoms with Crippen molar-refractivity contribution in [2.45, 2.75) is 58.0 Å². The fourth-order valence-corrected chi connectivity index (χ4v) is 2.08. The fourth-order valence-electron chi connectivity index (χ4n) is 2.08. The van der Waals surface area contributed by atoms with E-state index in [9.17, 15) is 4.79 Å². The molecule has 94 valence electrons. The topological polar surface area (TPSA) is 58.4 Å². The number of rotatable bonds is 1. The normalized spacial score (nSPS) is 22.8. The van der Waals surface area contributed by atoms with Gasteiger partial charge in [0, 0.05) is 24.7 Å². The molecule has 1 saturated heterocycles. The largest absolute Gasteiger partial charge is 0.333 e. The minimum atomic E-state index is -0.178. The summed E-state index contributed by atoms with van der Waals surface area (Å²) in [6.45, 7) is 7.40. The number of amides is 2. The Morgan fingerprint density at radius 1 is 1.38 bits per heavy atom. The zero-order valence-electron chi connectivity index (χ0n) is 10.8. The third kappa shape index (κ3) is 4.00. The van der Waals surface area contributed by atoms with E-state index in [0.29, 0.717) is 6.54 Å². The van der Waals surface area contributed by atoms with E-state index >= 15 is 0 Å². The average Bonchev–Trinajstić information content (AvgIpc) is 2.39. The van der Waals surface area contributed by atoms with Crippen molar-refractivity contribution in [1.29, 1.82) is 0 Å². The van der Waals surface area contributed by atoms with E-state index in [2.05, 4.69) is 5.32 Å². The highest BCUT2D eigenvalue weighted by Crippen LogP contribution is 2.16. The van der Waals surface area contributed by atoms with E-state index in [4.69, 9.17) is 5.73 Å². The summed E-state index contributed by atoms with van der Waals surface area (Å²) in [4.78, 5) is 14.0. The zero-order chi connectivity index (χ0) is 12.2. The molecule has 1 heterocycles. The third-order valence-corrected chi connectivity index (χ3v) is 2.89. The SMILES string of the molecule is CC(C)(C)NC(=O)N1CCCCCC1CN. The van der Waals surface area contributed by atoms with Gasteiger partial charge in [0.25, 0.3) is 0 Å². The summed E-state index contributed by atoms with van der Waals surface area (Å²) in [6, 6.07) is 0.245. The zero-order valence-corrected chi connectivity index (χ0v) is 10.8. The Morgan fingerprint density at radius 3 is 2.62 bits per heavy atom. The Balaban J connectivity index is 2.63. The second-order valence-electron chi connectivity index (χ2n) is 5.61. The molecule has 0 aromatic rings. The molecule has 0 saturated carbocycles. The highest BCUT2D eigenvalue weighted by atomic mass is 16.2. The van der Waals surface area contributed by atoms with Gasteiger partial charge in [-0.05, 0) is 33.6 Å². The molecule has 0 radical (unpaired) electrons. The van der Waals surface area contributed by atoms with Crippen molar-refractivity contribution in [3.05, 3.63) is 0 Å². The summed E-state index contributed by atoms with van der Waals surface area (Å²) in [5, 5.41) is 3.01. The van der Waals surface area contributed by atoms with Gasteiger partial charge in [-0.1, -0.05) is 12.8 Å². The van der Waals surface area contributed by atoms with Gasteiger partial charge >= 0.3 is 6.03 Å². The first kappa shape index (κ1) is 13.3. The molecule has 0 spiro atoms. The Hall–Kier alpha value is -0.770. The maximum Gasteiger partial charge on any atom is 0.318 e. The number of hydrogen-bond donors (Lipinski definition) is 2. The summed E-state index contributed by atoms with van der Waals surface area (Å²) in [5.74, 6) is 0. The lowest BCUT2D eigenvalue weighted by Gasteiger charge is -2.32. The van der Waals surface area contributed by atoms with E-state index in [1.807, 2.05) is 25.7 Å². The van der Waals surface area contributed by atoms with Crippen molar-refractivity contribution in [3.63, 3.8) is 0 Å². The molecule has 16 heavy (non-hydrogen) atoms. The second kappa shape index (κ2) is 5.53. The molecule has 1 aliphatic heterocycles. The lowest BCUT2D eigenvalue weighted by atomic mass is 10.1. The molecule has 1 aliphatic rings. The first-order valence-corrected chi connectivity index (χ1v) is 6.23. The van der Waals surface area contributed by atoms with Crippen molar-refractivity contribution in [1.82, 2.24) is 10.2 Å². The standard InChI is InChI=1S/C12H25N3O/c1-12(2,3)14-11(16)15-8-6-4-5-7-10(15)9-13/h10H,4-9,13H2,1-3H3,(H,14,16).